The third-order valence-electron chi connectivity index (χ3n) is 12.3. The summed E-state index contributed by atoms with van der Waals surface area (Å²) >= 11 is 0. The van der Waals surface area contributed by atoms with E-state index < -0.39 is 61.9 Å². The molecular weight excluding hydrogens is 945 g/mol. The largest absolute Gasteiger partial charge is 0.480 e. The Morgan fingerprint density at radius 2 is 1.60 bits per heavy atom. The van der Waals surface area contributed by atoms with Crippen LogP contribution in [-0.4, -0.2) is 162 Å². The summed E-state index contributed by atoms with van der Waals surface area (Å²) in [6.07, 6.45) is -0.242. The molecule has 1 saturated heterocycles. The van der Waals surface area contributed by atoms with Crippen molar-refractivity contribution in [3.8, 4) is 22.5 Å². The molecule has 3 heterocycles. The van der Waals surface area contributed by atoms with Crippen molar-refractivity contribution in [1.82, 2.24) is 25.8 Å². The Morgan fingerprint density at radius 3 is 2.33 bits per heavy atom. The summed E-state index contributed by atoms with van der Waals surface area (Å²) in [7, 11) is 1.70. The molecule has 0 spiro atoms. The molecule has 1 aliphatic carbocycles. The highest BCUT2D eigenvalue weighted by atomic mass is 16.6. The number of carboxylic acids is 1. The van der Waals surface area contributed by atoms with Gasteiger partial charge in [-0.2, -0.15) is 0 Å². The van der Waals surface area contributed by atoms with E-state index in [-0.39, 0.29) is 32.4 Å². The summed E-state index contributed by atoms with van der Waals surface area (Å²) in [5, 5.41) is 19.5. The van der Waals surface area contributed by atoms with E-state index in [9.17, 15) is 24.0 Å². The maximum Gasteiger partial charge on any atom is 0.407 e. The van der Waals surface area contributed by atoms with E-state index >= 15 is 0 Å². The summed E-state index contributed by atoms with van der Waals surface area (Å²) in [5.41, 5.74) is 8.00. The van der Waals surface area contributed by atoms with Crippen molar-refractivity contribution < 1.29 is 73.0 Å². The number of ether oxygens (including phenoxy) is 7. The molecule has 0 radical (unpaired) electrons. The molecule has 20 nitrogen and oxygen atoms in total. The quantitative estimate of drug-likeness (QED) is 0.0325. The Hall–Kier alpha value is -6.42. The van der Waals surface area contributed by atoms with Crippen LogP contribution < -0.4 is 26.3 Å². The maximum absolute atomic E-state index is 14.1. The fraction of sp³-hybridized carbons (Fsp3) is 0.509. The van der Waals surface area contributed by atoms with Crippen LogP contribution in [0.15, 0.2) is 64.7 Å². The summed E-state index contributed by atoms with van der Waals surface area (Å²) in [6, 6.07) is 15.5. The van der Waals surface area contributed by atoms with Gasteiger partial charge in [0.1, 0.15) is 56.2 Å². The van der Waals surface area contributed by atoms with E-state index in [1.54, 1.807) is 18.1 Å². The third-order valence-corrected chi connectivity index (χ3v) is 12.3. The summed E-state index contributed by atoms with van der Waals surface area (Å²) < 4.78 is 52.6. The topological polar surface area (TPSA) is 240 Å². The lowest BCUT2D eigenvalue weighted by Gasteiger charge is -2.34. The molecule has 2 aromatic carbocycles. The lowest BCUT2D eigenvalue weighted by atomic mass is 9.88. The first-order valence-electron chi connectivity index (χ1n) is 25.4. The van der Waals surface area contributed by atoms with Gasteiger partial charge in [-0.15, -0.1) is 0 Å². The van der Waals surface area contributed by atoms with E-state index in [1.807, 2.05) is 43.3 Å². The number of carbonyl (C=O) groups excluding carboxylic acids is 4. The number of urea groups is 1. The lowest BCUT2D eigenvalue weighted by molar-refractivity contribution is -0.496. The number of carboxylic acid groups (broad SMARTS) is 1. The van der Waals surface area contributed by atoms with Crippen molar-refractivity contribution in [1.29, 1.82) is 0 Å². The van der Waals surface area contributed by atoms with Crippen molar-refractivity contribution in [2.45, 2.75) is 85.4 Å². The Kier molecular flexibility index (Phi) is 20.5. The molecule has 3 aliphatic heterocycles. The number of rotatable bonds is 27. The highest BCUT2D eigenvalue weighted by Crippen LogP contribution is 2.42. The van der Waals surface area contributed by atoms with Gasteiger partial charge >= 0.3 is 24.1 Å². The predicted molar refractivity (Wildman–Crippen MR) is 268 cm³/mol. The monoisotopic (exact) mass is 1020 g/mol. The molecule has 0 bridgehead atoms. The normalized spacial score (nSPS) is 18.1. The van der Waals surface area contributed by atoms with Gasteiger partial charge in [-0.3, -0.25) is 15.0 Å². The van der Waals surface area contributed by atoms with Gasteiger partial charge in [-0.25, -0.2) is 24.2 Å². The highest BCUT2D eigenvalue weighted by Gasteiger charge is 2.41. The second-order valence-electron chi connectivity index (χ2n) is 17.9. The zero-order chi connectivity index (χ0) is 53.1. The van der Waals surface area contributed by atoms with Crippen LogP contribution in [0.25, 0.3) is 33.4 Å². The Morgan fingerprint density at radius 1 is 0.890 bits per heavy atom. The second-order valence-corrected chi connectivity index (χ2v) is 17.9. The van der Waals surface area contributed by atoms with Gasteiger partial charge in [0, 0.05) is 68.4 Å². The molecule has 4 aliphatic rings. The predicted octanol–water partition coefficient (Wildman–Crippen LogP) is 3.75. The molecule has 1 fully saturated rings. The summed E-state index contributed by atoms with van der Waals surface area (Å²) in [6.45, 7) is 13.1. The highest BCUT2D eigenvalue weighted by molar-refractivity contribution is 6.09. The first-order valence-corrected chi connectivity index (χ1v) is 24.7. The van der Waals surface area contributed by atoms with E-state index in [2.05, 4.69) is 60.8 Å². The third kappa shape index (κ3) is 15.8. The molecule has 73 heavy (non-hydrogen) atoms. The number of fused-ring (bicyclic) bond motifs is 2. The summed E-state index contributed by atoms with van der Waals surface area (Å²) in [4.78, 5) is 68.6. The van der Waals surface area contributed by atoms with E-state index in [0.29, 0.717) is 71.1 Å². The van der Waals surface area contributed by atoms with Crippen LogP contribution in [0.4, 0.5) is 9.59 Å². The van der Waals surface area contributed by atoms with Gasteiger partial charge in [0.05, 0.1) is 45.1 Å². The van der Waals surface area contributed by atoms with Gasteiger partial charge in [0.2, 0.25) is 5.36 Å². The summed E-state index contributed by atoms with van der Waals surface area (Å²) in [5.74, 6) is -1.48. The number of hydrogen-bond acceptors (Lipinski definition) is 14. The molecule has 6 rings (SSSR count). The van der Waals surface area contributed by atoms with E-state index in [0.717, 1.165) is 67.6 Å². The van der Waals surface area contributed by atoms with Gasteiger partial charge < -0.3 is 58.2 Å². The number of aliphatic carboxylic acids is 1. The molecule has 396 valence electrons. The zero-order valence-electron chi connectivity index (χ0n) is 43.7. The van der Waals surface area contributed by atoms with Crippen molar-refractivity contribution >= 4 is 40.9 Å². The Bertz CT molecular complexity index is 2640. The molecule has 2 aromatic rings. The van der Waals surface area contributed by atoms with Crippen molar-refractivity contribution in [3.63, 3.8) is 0 Å². The van der Waals surface area contributed by atoms with E-state index in [1.165, 1.54) is 4.90 Å². The Labute approximate surface area is 427 Å². The first kappa shape index (κ1) is 54.4. The molecule has 0 saturated carbocycles. The minimum absolute atomic E-state index is 0.0137. The van der Waals surface area contributed by atoms with Gasteiger partial charge in [-0.05, 0) is 107 Å². The Balaban J connectivity index is 0.805. The second kappa shape index (κ2) is 27.6. The molecule has 4 atom stereocenters. The SMILES string of the molecule is [2H]CC1OC(N2C=C(C)C(NCCCOCCOCCOCCCNC(=O)OCCN(C)C(=O)c3ccccc3-c3c4cc(C)c(=[NH+]CC)cc-4oc4cc(C)c(C)cc34)NC2=O)CC1OC(=O)COCC(=O)O. The van der Waals surface area contributed by atoms with Crippen LogP contribution in [-0.2, 0) is 42.7 Å². The number of amides is 4. The molecule has 4 unspecified atom stereocenters. The van der Waals surface area contributed by atoms with E-state index in [4.69, 9.17) is 44.1 Å². The number of carbonyl (C=O) groups is 5. The number of aryl methyl sites for hydroxylation is 3. The van der Waals surface area contributed by atoms with Crippen LogP contribution in [0, 0.1) is 20.8 Å². The fourth-order valence-electron chi connectivity index (χ4n) is 8.33. The fourth-order valence-corrected chi connectivity index (χ4v) is 8.33. The number of esters is 1. The zero-order valence-corrected chi connectivity index (χ0v) is 42.7. The minimum Gasteiger partial charge on any atom is -0.480 e. The number of alkyl carbamates (subject to hydrolysis) is 1. The number of nitrogens with zero attached hydrogens (tertiary/aromatic N) is 2. The molecule has 0 aromatic heterocycles. The molecule has 4 amide bonds. The molecule has 5 N–H and O–H groups in total. The standard InChI is InChI=1S/C53H70N6O14/c1-8-54-42-28-45-41(26-35(42)4)49(40-25-33(2)34(3)27-44(40)72-45)38-13-9-10-14-39(38)51(63)58(7)17-20-70-53(65)56-16-12-19-67-22-24-68-23-21-66-18-11-15-55-50-36(5)30-59(52(64)57-50)46-29-43(37(6)71-46)73-48(62)32-69-31-47(60)61/h9-10,13-14,25-28,30,37,43,46,50,55H,8,11-12,15-24,29,31-32H2,1-7H3,(H,56,65)(H,57,64)(H,60,61)/p+1/i6D. The first-order chi connectivity index (χ1) is 35.7. The number of benzene rings is 3. The van der Waals surface area contributed by atoms with Crippen LogP contribution in [0.2, 0.25) is 0 Å². The van der Waals surface area contributed by atoms with Crippen LogP contribution in [0.3, 0.4) is 0 Å². The van der Waals surface area contributed by atoms with Crippen molar-refractivity contribution in [2.24, 2.45) is 0 Å². The van der Waals surface area contributed by atoms with Gasteiger partial charge in [0.15, 0.2) is 0 Å². The van der Waals surface area contributed by atoms with Crippen LogP contribution >= 0.6 is 0 Å². The van der Waals surface area contributed by atoms with Gasteiger partial charge in [0.25, 0.3) is 5.91 Å². The number of nitrogens with one attached hydrogen (secondary N) is 4. The van der Waals surface area contributed by atoms with Gasteiger partial charge in [-0.1, -0.05) is 18.2 Å². The number of likely N-dealkylation sites (N-methyl/N-ethyl adjacent to an activating group) is 1. The van der Waals surface area contributed by atoms with Crippen molar-refractivity contribution in [3.05, 3.63) is 87.9 Å². The minimum atomic E-state index is -1.22. The molecule has 20 heteroatoms. The smallest absolute Gasteiger partial charge is 0.407 e. The number of hydrogen-bond donors (Lipinski definition) is 5. The van der Waals surface area contributed by atoms with Crippen molar-refractivity contribution in [2.75, 3.05) is 92.7 Å². The van der Waals surface area contributed by atoms with Crippen LogP contribution in [0.1, 0.15) is 68.4 Å². The van der Waals surface area contributed by atoms with Crippen LogP contribution in [0.5, 0.6) is 0 Å². The average molecular weight is 1020 g/mol. The molecular formula is C53H71N6O14+. The lowest BCUT2D eigenvalue weighted by Crippen LogP contribution is -2.76. The average Bonchev–Trinajstić information content (AvgIpc) is 3.77. The maximum atomic E-state index is 14.1.